The molecule has 3 rings (SSSR count). The van der Waals surface area contributed by atoms with E-state index in [1.54, 1.807) is 14.1 Å². The number of hydrogen-bond donors (Lipinski definition) is 1. The van der Waals surface area contributed by atoms with Crippen molar-refractivity contribution in [3.8, 4) is 11.5 Å². The van der Waals surface area contributed by atoms with Crippen LogP contribution in [-0.4, -0.2) is 24.8 Å². The van der Waals surface area contributed by atoms with Gasteiger partial charge in [0.1, 0.15) is 17.0 Å². The minimum atomic E-state index is -0.353. The van der Waals surface area contributed by atoms with Crippen molar-refractivity contribution in [3.05, 3.63) is 22.8 Å². The average Bonchev–Trinajstić information content (AvgIpc) is 2.66. The molecular weight excluding hydrogens is 364 g/mol. The Labute approximate surface area is 174 Å². The standard InChI is InChI=1S/C23H34N4O2/c1-7-8-9-10-15-19(26-24-5)21(28)18-16-13-14(2)11-12-17(16)23(3,4)29-22(18)20(15)27-25-6/h13,16-17,28H,7-12H2,1-6H3/t16-,17-/m1/s1. The van der Waals surface area contributed by atoms with Gasteiger partial charge in [-0.15, -0.1) is 0 Å². The fourth-order valence-electron chi connectivity index (χ4n) is 4.84. The van der Waals surface area contributed by atoms with E-state index in [4.69, 9.17) is 4.74 Å². The minimum Gasteiger partial charge on any atom is -0.505 e. The summed E-state index contributed by atoms with van der Waals surface area (Å²) in [5.74, 6) is 1.20. The molecule has 0 amide bonds. The van der Waals surface area contributed by atoms with Crippen molar-refractivity contribution < 1.29 is 9.84 Å². The van der Waals surface area contributed by atoms with Crippen molar-refractivity contribution in [2.75, 3.05) is 14.1 Å². The summed E-state index contributed by atoms with van der Waals surface area (Å²) in [6, 6.07) is 0. The Kier molecular flexibility index (Phi) is 6.39. The van der Waals surface area contributed by atoms with Crippen LogP contribution in [0.5, 0.6) is 11.5 Å². The molecule has 1 N–H and O–H groups in total. The van der Waals surface area contributed by atoms with E-state index in [-0.39, 0.29) is 23.2 Å². The Hall–Kier alpha value is -2.24. The highest BCUT2D eigenvalue weighted by molar-refractivity contribution is 5.78. The Morgan fingerprint density at radius 3 is 2.48 bits per heavy atom. The van der Waals surface area contributed by atoms with E-state index < -0.39 is 0 Å². The van der Waals surface area contributed by atoms with Crippen molar-refractivity contribution in [3.63, 3.8) is 0 Å². The number of rotatable bonds is 6. The SMILES string of the molecule is CCCCCc1c(N=NC)c(O)c2c(c1N=NC)OC(C)(C)[C@@H]1CCC(C)=C[C@@H]21. The van der Waals surface area contributed by atoms with Crippen molar-refractivity contribution in [2.45, 2.75) is 77.7 Å². The molecule has 29 heavy (non-hydrogen) atoms. The van der Waals surface area contributed by atoms with Gasteiger partial charge >= 0.3 is 0 Å². The summed E-state index contributed by atoms with van der Waals surface area (Å²) in [5.41, 5.74) is 3.87. The molecule has 0 unspecified atom stereocenters. The molecule has 1 aromatic rings. The number of ether oxygens (including phenoxy) is 1. The maximum Gasteiger partial charge on any atom is 0.155 e. The number of azo groups is 2. The second kappa shape index (κ2) is 8.64. The Morgan fingerprint density at radius 2 is 1.83 bits per heavy atom. The Morgan fingerprint density at radius 1 is 1.14 bits per heavy atom. The average molecular weight is 399 g/mol. The maximum absolute atomic E-state index is 11.4. The summed E-state index contributed by atoms with van der Waals surface area (Å²) < 4.78 is 6.55. The van der Waals surface area contributed by atoms with Gasteiger partial charge in [-0.05, 0) is 46.5 Å². The molecule has 0 aromatic heterocycles. The lowest BCUT2D eigenvalue weighted by Crippen LogP contribution is -2.45. The largest absolute Gasteiger partial charge is 0.505 e. The van der Waals surface area contributed by atoms with E-state index >= 15 is 0 Å². The van der Waals surface area contributed by atoms with Gasteiger partial charge in [0.15, 0.2) is 11.5 Å². The number of hydrogen-bond acceptors (Lipinski definition) is 6. The van der Waals surface area contributed by atoms with Crippen LogP contribution in [-0.2, 0) is 6.42 Å². The van der Waals surface area contributed by atoms with Gasteiger partial charge in [-0.2, -0.15) is 20.5 Å². The number of fused-ring (bicyclic) bond motifs is 3. The predicted molar refractivity (Wildman–Crippen MR) is 116 cm³/mol. The fraction of sp³-hybridized carbons (Fsp3) is 0.652. The van der Waals surface area contributed by atoms with Gasteiger partial charge in [0.25, 0.3) is 0 Å². The molecule has 0 radical (unpaired) electrons. The summed E-state index contributed by atoms with van der Waals surface area (Å²) in [6.45, 7) is 8.62. The van der Waals surface area contributed by atoms with E-state index in [2.05, 4.69) is 54.2 Å². The van der Waals surface area contributed by atoms with Gasteiger partial charge in [-0.25, -0.2) is 0 Å². The molecule has 158 valence electrons. The van der Waals surface area contributed by atoms with Gasteiger partial charge in [0, 0.05) is 37.1 Å². The molecule has 0 fully saturated rings. The molecule has 2 aliphatic rings. The summed E-state index contributed by atoms with van der Waals surface area (Å²) >= 11 is 0. The highest BCUT2D eigenvalue weighted by Crippen LogP contribution is 2.60. The van der Waals surface area contributed by atoms with Crippen LogP contribution in [0.4, 0.5) is 11.4 Å². The van der Waals surface area contributed by atoms with Crippen LogP contribution >= 0.6 is 0 Å². The predicted octanol–water partition coefficient (Wildman–Crippen LogP) is 7.16. The first-order chi connectivity index (χ1) is 13.9. The van der Waals surface area contributed by atoms with Crippen molar-refractivity contribution in [1.82, 2.24) is 0 Å². The number of benzene rings is 1. The van der Waals surface area contributed by atoms with Crippen LogP contribution in [0.2, 0.25) is 0 Å². The first kappa shape index (κ1) is 21.5. The lowest BCUT2D eigenvalue weighted by molar-refractivity contribution is 0.0113. The van der Waals surface area contributed by atoms with Gasteiger partial charge < -0.3 is 9.84 Å². The smallest absolute Gasteiger partial charge is 0.155 e. The molecule has 1 heterocycles. The number of nitrogens with zero attached hydrogens (tertiary/aromatic N) is 4. The van der Waals surface area contributed by atoms with Crippen LogP contribution in [0.1, 0.15) is 76.8 Å². The minimum absolute atomic E-state index is 0.0730. The number of aromatic hydroxyl groups is 1. The molecule has 2 atom stereocenters. The number of phenolic OH excluding ortho intramolecular Hbond substituents is 1. The fourth-order valence-corrected chi connectivity index (χ4v) is 4.84. The van der Waals surface area contributed by atoms with E-state index in [0.29, 0.717) is 17.1 Å². The second-order valence-corrected chi connectivity index (χ2v) is 8.71. The molecule has 6 heteroatoms. The van der Waals surface area contributed by atoms with Gasteiger partial charge in [0.2, 0.25) is 0 Å². The van der Waals surface area contributed by atoms with E-state index in [0.717, 1.165) is 49.7 Å². The van der Waals surface area contributed by atoms with Gasteiger partial charge in [-0.3, -0.25) is 0 Å². The quantitative estimate of drug-likeness (QED) is 0.313. The second-order valence-electron chi connectivity index (χ2n) is 8.71. The molecular formula is C23H34N4O2. The van der Waals surface area contributed by atoms with Crippen LogP contribution in [0, 0.1) is 5.92 Å². The number of allylic oxidation sites excluding steroid dienone is 2. The molecule has 0 saturated carbocycles. The summed E-state index contributed by atoms with van der Waals surface area (Å²) in [4.78, 5) is 0. The van der Waals surface area contributed by atoms with Crippen molar-refractivity contribution in [2.24, 2.45) is 26.4 Å². The Balaban J connectivity index is 2.31. The maximum atomic E-state index is 11.4. The molecule has 6 nitrogen and oxygen atoms in total. The number of phenols is 1. The number of unbranched alkanes of at least 4 members (excludes halogenated alkanes) is 2. The monoisotopic (exact) mass is 398 g/mol. The first-order valence-corrected chi connectivity index (χ1v) is 10.7. The zero-order valence-electron chi connectivity index (χ0n) is 18.6. The topological polar surface area (TPSA) is 78.9 Å². The third kappa shape index (κ3) is 3.94. The van der Waals surface area contributed by atoms with Crippen LogP contribution in [0.15, 0.2) is 32.1 Å². The summed E-state index contributed by atoms with van der Waals surface area (Å²) in [7, 11) is 3.29. The molecule has 0 spiro atoms. The molecule has 1 aromatic carbocycles. The molecule has 1 aliphatic heterocycles. The van der Waals surface area contributed by atoms with E-state index in [1.165, 1.54) is 5.57 Å². The normalized spacial score (nSPS) is 23.0. The van der Waals surface area contributed by atoms with Gasteiger partial charge in [-0.1, -0.05) is 31.4 Å². The zero-order chi connectivity index (χ0) is 21.2. The van der Waals surface area contributed by atoms with E-state index in [1.807, 2.05) is 0 Å². The summed E-state index contributed by atoms with van der Waals surface area (Å²) in [6.07, 6.45) is 8.33. The van der Waals surface area contributed by atoms with E-state index in [9.17, 15) is 5.11 Å². The molecule has 1 aliphatic carbocycles. The first-order valence-electron chi connectivity index (χ1n) is 10.7. The summed E-state index contributed by atoms with van der Waals surface area (Å²) in [5, 5.41) is 28.2. The molecule has 0 bridgehead atoms. The van der Waals surface area contributed by atoms with Crippen LogP contribution in [0.3, 0.4) is 0 Å². The van der Waals surface area contributed by atoms with Crippen molar-refractivity contribution >= 4 is 11.4 Å². The highest BCUT2D eigenvalue weighted by Gasteiger charge is 2.47. The lowest BCUT2D eigenvalue weighted by atomic mass is 9.67. The molecule has 0 saturated heterocycles. The van der Waals surface area contributed by atoms with Crippen molar-refractivity contribution in [1.29, 1.82) is 0 Å². The van der Waals surface area contributed by atoms with Crippen LogP contribution in [0.25, 0.3) is 0 Å². The third-order valence-corrected chi connectivity index (χ3v) is 6.28. The third-order valence-electron chi connectivity index (χ3n) is 6.28. The van der Waals surface area contributed by atoms with Gasteiger partial charge in [0.05, 0.1) is 0 Å². The van der Waals surface area contributed by atoms with Crippen LogP contribution < -0.4 is 4.74 Å². The Bertz CT molecular complexity index is 855. The zero-order valence-corrected chi connectivity index (χ0v) is 18.6. The lowest BCUT2D eigenvalue weighted by Gasteiger charge is -2.47. The highest BCUT2D eigenvalue weighted by atomic mass is 16.5.